The van der Waals surface area contributed by atoms with Crippen LogP contribution in [-0.4, -0.2) is 69.4 Å². The van der Waals surface area contributed by atoms with E-state index in [1.807, 2.05) is 56.3 Å². The zero-order valence-electron chi connectivity index (χ0n) is 23.2. The lowest BCUT2D eigenvalue weighted by Crippen LogP contribution is -2.50. The van der Waals surface area contributed by atoms with Crippen molar-refractivity contribution in [3.63, 3.8) is 0 Å². The minimum absolute atomic E-state index is 0.302. The molecule has 0 radical (unpaired) electrons. The van der Waals surface area contributed by atoms with Crippen molar-refractivity contribution < 1.29 is 13.9 Å². The van der Waals surface area contributed by atoms with E-state index in [1.165, 1.54) is 23.5 Å². The van der Waals surface area contributed by atoms with Crippen LogP contribution in [0.4, 0.5) is 31.0 Å². The smallest absolute Gasteiger partial charge is 0.410 e. The molecule has 0 aliphatic carbocycles. The first-order chi connectivity index (χ1) is 19.1. The van der Waals surface area contributed by atoms with Crippen molar-refractivity contribution in [1.82, 2.24) is 24.5 Å². The van der Waals surface area contributed by atoms with Gasteiger partial charge in [0, 0.05) is 33.2 Å². The molecule has 0 N–H and O–H groups in total. The average molecular weight is 563 g/mol. The number of halogens is 1. The van der Waals surface area contributed by atoms with E-state index in [9.17, 15) is 9.18 Å². The highest BCUT2D eigenvalue weighted by atomic mass is 32.1. The molecule has 12 heteroatoms. The number of thiazole rings is 1. The van der Waals surface area contributed by atoms with Crippen LogP contribution in [0.15, 0.2) is 36.4 Å². The van der Waals surface area contributed by atoms with Crippen LogP contribution in [0, 0.1) is 12.4 Å². The van der Waals surface area contributed by atoms with Crippen molar-refractivity contribution in [2.24, 2.45) is 0 Å². The highest BCUT2D eigenvalue weighted by Crippen LogP contribution is 2.42. The largest absolute Gasteiger partial charge is 0.444 e. The Morgan fingerprint density at radius 1 is 1.12 bits per heavy atom. The molecule has 1 aromatic carbocycles. The van der Waals surface area contributed by atoms with Gasteiger partial charge in [-0.15, -0.1) is 16.4 Å². The second kappa shape index (κ2) is 10.7. The first-order valence-corrected chi connectivity index (χ1v) is 13.9. The van der Waals surface area contributed by atoms with Gasteiger partial charge in [-0.05, 0) is 57.0 Å². The van der Waals surface area contributed by atoms with E-state index in [0.29, 0.717) is 59.6 Å². The first kappa shape index (κ1) is 27.3. The second-order valence-electron chi connectivity index (χ2n) is 10.5. The van der Waals surface area contributed by atoms with Gasteiger partial charge in [0.1, 0.15) is 17.2 Å². The number of benzene rings is 1. The summed E-state index contributed by atoms with van der Waals surface area (Å²) in [6, 6.07) is 9.88. The fourth-order valence-corrected chi connectivity index (χ4v) is 5.39. The van der Waals surface area contributed by atoms with Gasteiger partial charge in [0.15, 0.2) is 16.6 Å². The lowest BCUT2D eigenvalue weighted by Gasteiger charge is -2.36. The summed E-state index contributed by atoms with van der Waals surface area (Å²) in [6.07, 6.45) is 0.377. The Kier molecular flexibility index (Phi) is 7.33. The van der Waals surface area contributed by atoms with E-state index in [-0.39, 0.29) is 11.9 Å². The Bertz CT molecular complexity index is 1580. The zero-order valence-corrected chi connectivity index (χ0v) is 24.0. The van der Waals surface area contributed by atoms with Crippen LogP contribution in [0.2, 0.25) is 0 Å². The molecule has 3 aromatic heterocycles. The first-order valence-electron chi connectivity index (χ1n) is 13.1. The van der Waals surface area contributed by atoms with Gasteiger partial charge < -0.3 is 19.4 Å². The van der Waals surface area contributed by atoms with E-state index in [2.05, 4.69) is 9.74 Å². The van der Waals surface area contributed by atoms with Crippen molar-refractivity contribution in [1.29, 1.82) is 0 Å². The van der Waals surface area contributed by atoms with Crippen LogP contribution >= 0.6 is 11.3 Å². The molecule has 0 spiro atoms. The highest BCUT2D eigenvalue weighted by Gasteiger charge is 2.27. The Balaban J connectivity index is 1.43. The van der Waals surface area contributed by atoms with Gasteiger partial charge in [-0.3, -0.25) is 0 Å². The number of hydrogen-bond acceptors (Lipinski definition) is 8. The van der Waals surface area contributed by atoms with Crippen molar-refractivity contribution >= 4 is 44.8 Å². The summed E-state index contributed by atoms with van der Waals surface area (Å²) in [5.74, 6) is 1.20. The monoisotopic (exact) mass is 562 g/mol. The SMILES string of the molecule is [C-]#[N+]c1sc(N(C)c2c(CC)nc3ccc(N4CCN(C(=O)OC(C)(C)C)CC4)nn23)nc1-c1ccc(F)cc1. The van der Waals surface area contributed by atoms with Crippen molar-refractivity contribution in [3.8, 4) is 11.3 Å². The van der Waals surface area contributed by atoms with Crippen LogP contribution in [0.1, 0.15) is 33.4 Å². The lowest BCUT2D eigenvalue weighted by atomic mass is 10.1. The van der Waals surface area contributed by atoms with Gasteiger partial charge in [-0.25, -0.2) is 24.0 Å². The van der Waals surface area contributed by atoms with Crippen molar-refractivity contribution in [3.05, 3.63) is 59.3 Å². The Hall–Kier alpha value is -4.24. The number of carbonyl (C=O) groups is 1. The van der Waals surface area contributed by atoms with Crippen LogP contribution in [0.3, 0.4) is 0 Å². The van der Waals surface area contributed by atoms with Gasteiger partial charge in [0.25, 0.3) is 5.00 Å². The molecule has 4 aromatic rings. The number of piperazine rings is 1. The Labute approximate surface area is 236 Å². The third kappa shape index (κ3) is 5.42. The lowest BCUT2D eigenvalue weighted by molar-refractivity contribution is 0.0240. The standard InChI is InChI=1S/C28H31FN8O2S/c1-7-20-25(34(6)26-32-23(24(30-5)40-26)18-8-10-19(29)11-9-18)37-21(31-20)12-13-22(33-37)35-14-16-36(17-15-35)27(38)39-28(2,3)4/h8-13H,7,14-17H2,1-4,6H3. The molecular weight excluding hydrogens is 531 g/mol. The summed E-state index contributed by atoms with van der Waals surface area (Å²) >= 11 is 1.27. The maximum atomic E-state index is 13.5. The predicted octanol–water partition coefficient (Wildman–Crippen LogP) is 5.93. The van der Waals surface area contributed by atoms with Gasteiger partial charge in [0.05, 0.1) is 18.0 Å². The molecule has 0 saturated carbocycles. The summed E-state index contributed by atoms with van der Waals surface area (Å²) in [4.78, 5) is 31.5. The van der Waals surface area contributed by atoms with Gasteiger partial charge in [-0.1, -0.05) is 19.1 Å². The molecule has 1 saturated heterocycles. The van der Waals surface area contributed by atoms with Gasteiger partial charge in [-0.2, -0.15) is 4.52 Å². The number of fused-ring (bicyclic) bond motifs is 1. The summed E-state index contributed by atoms with van der Waals surface area (Å²) in [5.41, 5.74) is 2.22. The minimum Gasteiger partial charge on any atom is -0.444 e. The van der Waals surface area contributed by atoms with Crippen LogP contribution in [0.5, 0.6) is 0 Å². The van der Waals surface area contributed by atoms with Gasteiger partial charge >= 0.3 is 6.09 Å². The topological polar surface area (TPSA) is 83.5 Å². The third-order valence-corrected chi connectivity index (χ3v) is 7.55. The van der Waals surface area contributed by atoms with E-state index in [0.717, 1.165) is 17.3 Å². The number of carbonyl (C=O) groups excluding carboxylic acids is 1. The summed E-state index contributed by atoms with van der Waals surface area (Å²) in [7, 11) is 1.89. The molecule has 1 aliphatic rings. The number of nitrogens with zero attached hydrogens (tertiary/aromatic N) is 8. The molecule has 0 atom stereocenters. The number of anilines is 3. The zero-order chi connectivity index (χ0) is 28.6. The summed E-state index contributed by atoms with van der Waals surface area (Å²) in [6.45, 7) is 17.6. The molecule has 4 heterocycles. The molecule has 0 bridgehead atoms. The van der Waals surface area contributed by atoms with Crippen LogP contribution < -0.4 is 9.80 Å². The maximum Gasteiger partial charge on any atom is 0.410 e. The Morgan fingerprint density at radius 3 is 2.45 bits per heavy atom. The van der Waals surface area contributed by atoms with Crippen molar-refractivity contribution in [2.45, 2.75) is 39.7 Å². The van der Waals surface area contributed by atoms with Crippen molar-refractivity contribution in [2.75, 3.05) is 43.0 Å². The van der Waals surface area contributed by atoms with Crippen LogP contribution in [-0.2, 0) is 11.2 Å². The van der Waals surface area contributed by atoms with E-state index in [4.69, 9.17) is 26.4 Å². The molecule has 40 heavy (non-hydrogen) atoms. The third-order valence-electron chi connectivity index (χ3n) is 6.52. The summed E-state index contributed by atoms with van der Waals surface area (Å²) in [5, 5.41) is 5.98. The second-order valence-corrected chi connectivity index (χ2v) is 11.4. The highest BCUT2D eigenvalue weighted by molar-refractivity contribution is 7.20. The number of aryl methyl sites for hydroxylation is 1. The fraction of sp³-hybridized carbons (Fsp3) is 0.393. The number of aromatic nitrogens is 4. The normalized spacial score (nSPS) is 13.9. The molecule has 1 fully saturated rings. The molecule has 1 aliphatic heterocycles. The Morgan fingerprint density at radius 2 is 1.82 bits per heavy atom. The molecular formula is C28H31FN8O2S. The fourth-order valence-electron chi connectivity index (χ4n) is 4.55. The average Bonchev–Trinajstić information content (AvgIpc) is 3.53. The quantitative estimate of drug-likeness (QED) is 0.279. The predicted molar refractivity (Wildman–Crippen MR) is 154 cm³/mol. The molecule has 10 nitrogen and oxygen atoms in total. The van der Waals surface area contributed by atoms with E-state index < -0.39 is 5.60 Å². The number of imidazole rings is 1. The number of amides is 1. The minimum atomic E-state index is -0.533. The van der Waals surface area contributed by atoms with E-state index >= 15 is 0 Å². The number of hydrogen-bond donors (Lipinski definition) is 0. The number of ether oxygens (including phenoxy) is 1. The molecule has 1 amide bonds. The molecule has 5 rings (SSSR count). The molecule has 208 valence electrons. The molecule has 0 unspecified atom stereocenters. The number of rotatable bonds is 5. The summed E-state index contributed by atoms with van der Waals surface area (Å²) < 4.78 is 20.8. The van der Waals surface area contributed by atoms with E-state index in [1.54, 1.807) is 17.0 Å². The van der Waals surface area contributed by atoms with Crippen LogP contribution in [0.25, 0.3) is 21.7 Å². The maximum absolute atomic E-state index is 13.5. The van der Waals surface area contributed by atoms with Gasteiger partial charge in [0.2, 0.25) is 0 Å².